The first-order valence-corrected chi connectivity index (χ1v) is 11.0. The van der Waals surface area contributed by atoms with E-state index in [1.807, 2.05) is 42.5 Å². The lowest BCUT2D eigenvalue weighted by atomic mass is 9.84. The standard InChI is InChI=1S/C21H29O3P/c1-2-3-4-5-9-15-20(18-12-7-6-8-13-18)21-16-11-10-14-19(21)17-25(22,23)24/h6-8,10-14,16,20H,2-5,9,15,17H2,1H3,(H2,22,23,24). The molecule has 0 spiro atoms. The van der Waals surface area contributed by atoms with Gasteiger partial charge in [0.05, 0.1) is 6.16 Å². The summed E-state index contributed by atoms with van der Waals surface area (Å²) >= 11 is 0. The Morgan fingerprint density at radius 3 is 2.20 bits per heavy atom. The molecule has 25 heavy (non-hydrogen) atoms. The highest BCUT2D eigenvalue weighted by Crippen LogP contribution is 2.42. The lowest BCUT2D eigenvalue weighted by molar-refractivity contribution is 0.371. The fraction of sp³-hybridized carbons (Fsp3) is 0.429. The van der Waals surface area contributed by atoms with E-state index in [1.165, 1.54) is 31.2 Å². The van der Waals surface area contributed by atoms with Crippen LogP contribution in [-0.2, 0) is 10.7 Å². The van der Waals surface area contributed by atoms with E-state index in [2.05, 4.69) is 19.1 Å². The van der Waals surface area contributed by atoms with Crippen molar-refractivity contribution in [2.75, 3.05) is 0 Å². The van der Waals surface area contributed by atoms with E-state index in [4.69, 9.17) is 0 Å². The number of hydrogen-bond donors (Lipinski definition) is 2. The first kappa shape index (κ1) is 19.9. The van der Waals surface area contributed by atoms with E-state index in [9.17, 15) is 14.4 Å². The van der Waals surface area contributed by atoms with E-state index in [0.29, 0.717) is 0 Å². The second kappa shape index (κ2) is 9.91. The number of unbranched alkanes of at least 4 members (excludes halogenated alkanes) is 4. The normalized spacial score (nSPS) is 12.9. The molecule has 3 nitrogen and oxygen atoms in total. The molecule has 1 atom stereocenters. The molecule has 0 bridgehead atoms. The van der Waals surface area contributed by atoms with Crippen LogP contribution in [0.5, 0.6) is 0 Å². The van der Waals surface area contributed by atoms with Gasteiger partial charge < -0.3 is 9.79 Å². The molecule has 0 aliphatic carbocycles. The minimum absolute atomic E-state index is 0.186. The van der Waals surface area contributed by atoms with Crippen molar-refractivity contribution in [2.24, 2.45) is 0 Å². The Kier molecular flexibility index (Phi) is 7.90. The van der Waals surface area contributed by atoms with Gasteiger partial charge >= 0.3 is 7.60 Å². The molecule has 2 N–H and O–H groups in total. The summed E-state index contributed by atoms with van der Waals surface area (Å²) in [4.78, 5) is 18.9. The quantitative estimate of drug-likeness (QED) is 0.412. The van der Waals surface area contributed by atoms with E-state index in [-0.39, 0.29) is 12.1 Å². The van der Waals surface area contributed by atoms with Gasteiger partial charge in [0, 0.05) is 5.92 Å². The second-order valence-corrected chi connectivity index (χ2v) is 8.33. The van der Waals surface area contributed by atoms with Crippen molar-refractivity contribution in [2.45, 2.75) is 57.5 Å². The molecule has 0 aliphatic heterocycles. The van der Waals surface area contributed by atoms with E-state index in [0.717, 1.165) is 24.0 Å². The molecule has 2 rings (SSSR count). The smallest absolute Gasteiger partial charge is 0.324 e. The van der Waals surface area contributed by atoms with Crippen LogP contribution in [-0.4, -0.2) is 9.79 Å². The molecular formula is C21H29O3P. The van der Waals surface area contributed by atoms with Crippen LogP contribution in [0.1, 0.15) is 68.1 Å². The number of hydrogen-bond acceptors (Lipinski definition) is 1. The van der Waals surface area contributed by atoms with Gasteiger partial charge in [-0.05, 0) is 23.1 Å². The summed E-state index contributed by atoms with van der Waals surface area (Å²) in [6, 6.07) is 18.0. The van der Waals surface area contributed by atoms with Gasteiger partial charge in [-0.3, -0.25) is 4.57 Å². The zero-order valence-electron chi connectivity index (χ0n) is 15.0. The van der Waals surface area contributed by atoms with Gasteiger partial charge in [0.15, 0.2) is 0 Å². The van der Waals surface area contributed by atoms with Crippen molar-refractivity contribution in [1.29, 1.82) is 0 Å². The Morgan fingerprint density at radius 2 is 1.52 bits per heavy atom. The number of benzene rings is 2. The fourth-order valence-electron chi connectivity index (χ4n) is 3.38. The van der Waals surface area contributed by atoms with Crippen LogP contribution in [0.4, 0.5) is 0 Å². The maximum absolute atomic E-state index is 11.5. The van der Waals surface area contributed by atoms with Crippen molar-refractivity contribution >= 4 is 7.60 Å². The van der Waals surface area contributed by atoms with Crippen molar-refractivity contribution in [1.82, 2.24) is 0 Å². The van der Waals surface area contributed by atoms with Crippen molar-refractivity contribution in [3.05, 3.63) is 71.3 Å². The Labute approximate surface area is 151 Å². The summed E-state index contributed by atoms with van der Waals surface area (Å²) in [6.45, 7) is 2.21. The van der Waals surface area contributed by atoms with Crippen LogP contribution in [0, 0.1) is 0 Å². The van der Waals surface area contributed by atoms with Crippen LogP contribution in [0.25, 0.3) is 0 Å². The van der Waals surface area contributed by atoms with Crippen molar-refractivity contribution < 1.29 is 14.4 Å². The minimum atomic E-state index is -4.09. The summed E-state index contributed by atoms with van der Waals surface area (Å²) < 4.78 is 11.5. The highest BCUT2D eigenvalue weighted by molar-refractivity contribution is 7.50. The molecule has 0 aromatic heterocycles. The number of rotatable bonds is 10. The Balaban J connectivity index is 2.25. The van der Waals surface area contributed by atoms with Gasteiger partial charge in [0.1, 0.15) is 0 Å². The molecule has 0 amide bonds. The van der Waals surface area contributed by atoms with E-state index >= 15 is 0 Å². The lowest BCUT2D eigenvalue weighted by Gasteiger charge is -2.21. The average molecular weight is 360 g/mol. The third-order valence-electron chi connectivity index (χ3n) is 4.61. The molecule has 0 saturated carbocycles. The third kappa shape index (κ3) is 6.78. The first-order valence-electron chi connectivity index (χ1n) is 9.18. The summed E-state index contributed by atoms with van der Waals surface area (Å²) in [5.41, 5.74) is 3.03. The van der Waals surface area contributed by atoms with Gasteiger partial charge in [0.25, 0.3) is 0 Å². The average Bonchev–Trinajstić information content (AvgIpc) is 2.58. The predicted octanol–water partition coefficient (Wildman–Crippen LogP) is 5.86. The minimum Gasteiger partial charge on any atom is -0.324 e. The molecule has 0 radical (unpaired) electrons. The van der Waals surface area contributed by atoms with Crippen LogP contribution in [0.15, 0.2) is 54.6 Å². The van der Waals surface area contributed by atoms with Crippen molar-refractivity contribution in [3.63, 3.8) is 0 Å². The molecule has 4 heteroatoms. The predicted molar refractivity (Wildman–Crippen MR) is 104 cm³/mol. The topological polar surface area (TPSA) is 57.5 Å². The molecular weight excluding hydrogens is 331 g/mol. The third-order valence-corrected chi connectivity index (χ3v) is 5.36. The fourth-order valence-corrected chi connectivity index (χ4v) is 4.11. The summed E-state index contributed by atoms with van der Waals surface area (Å²) in [5.74, 6) is 0.186. The maximum Gasteiger partial charge on any atom is 0.329 e. The van der Waals surface area contributed by atoms with Crippen LogP contribution < -0.4 is 0 Å². The zero-order chi connectivity index (χ0) is 18.1. The summed E-state index contributed by atoms with van der Waals surface area (Å²) in [7, 11) is -4.09. The highest BCUT2D eigenvalue weighted by atomic mass is 31.2. The maximum atomic E-state index is 11.5. The van der Waals surface area contributed by atoms with Crippen LogP contribution >= 0.6 is 7.60 Å². The summed E-state index contributed by atoms with van der Waals surface area (Å²) in [6.07, 6.45) is 6.90. The first-order chi connectivity index (χ1) is 12.0. The molecule has 1 unspecified atom stereocenters. The SMILES string of the molecule is CCCCCCCC(c1ccccc1)c1ccccc1CP(=O)(O)O. The molecule has 0 fully saturated rings. The van der Waals surface area contributed by atoms with Gasteiger partial charge in [-0.15, -0.1) is 0 Å². The van der Waals surface area contributed by atoms with Gasteiger partial charge in [0.2, 0.25) is 0 Å². The molecule has 0 saturated heterocycles. The summed E-state index contributed by atoms with van der Waals surface area (Å²) in [5, 5.41) is 0. The Bertz CT molecular complexity index is 679. The van der Waals surface area contributed by atoms with Crippen LogP contribution in [0.2, 0.25) is 0 Å². The van der Waals surface area contributed by atoms with Gasteiger partial charge in [-0.2, -0.15) is 0 Å². The van der Waals surface area contributed by atoms with Gasteiger partial charge in [-0.1, -0.05) is 93.6 Å². The van der Waals surface area contributed by atoms with E-state index < -0.39 is 7.60 Å². The Hall–Kier alpha value is -1.41. The van der Waals surface area contributed by atoms with E-state index in [1.54, 1.807) is 0 Å². The monoisotopic (exact) mass is 360 g/mol. The molecule has 136 valence electrons. The molecule has 2 aromatic rings. The highest BCUT2D eigenvalue weighted by Gasteiger charge is 2.21. The van der Waals surface area contributed by atoms with Crippen LogP contribution in [0.3, 0.4) is 0 Å². The molecule has 2 aromatic carbocycles. The molecule has 0 heterocycles. The Morgan fingerprint density at radius 1 is 0.880 bits per heavy atom. The lowest BCUT2D eigenvalue weighted by Crippen LogP contribution is -2.05. The second-order valence-electron chi connectivity index (χ2n) is 6.69. The zero-order valence-corrected chi connectivity index (χ0v) is 15.9. The molecule has 0 aliphatic rings. The van der Waals surface area contributed by atoms with Gasteiger partial charge in [-0.25, -0.2) is 0 Å². The largest absolute Gasteiger partial charge is 0.329 e. The van der Waals surface area contributed by atoms with Crippen molar-refractivity contribution in [3.8, 4) is 0 Å².